The van der Waals surface area contributed by atoms with Crippen molar-refractivity contribution in [1.82, 2.24) is 4.23 Å². The number of aromatic nitrogens is 1. The van der Waals surface area contributed by atoms with Gasteiger partial charge in [0.25, 0.3) is 0 Å². The van der Waals surface area contributed by atoms with Crippen LogP contribution in [0.25, 0.3) is 10.9 Å². The van der Waals surface area contributed by atoms with Crippen LogP contribution in [0, 0.1) is 0 Å². The average molecular weight is 334 g/mol. The molecule has 0 aliphatic rings. The third kappa shape index (κ3) is 3.21. The Morgan fingerprint density at radius 1 is 1.26 bits per heavy atom. The molecule has 126 valence electrons. The summed E-state index contributed by atoms with van der Waals surface area (Å²) in [5, 5.41) is 1.21. The molecule has 2 rings (SSSR count). The Bertz CT molecular complexity index is 703. The molecule has 0 aliphatic carbocycles. The Morgan fingerprint density at radius 3 is 2.57 bits per heavy atom. The first-order valence-electron chi connectivity index (χ1n) is 8.02. The van der Waals surface area contributed by atoms with Gasteiger partial charge in [0.1, 0.15) is 0 Å². The molecule has 0 saturated carbocycles. The van der Waals surface area contributed by atoms with Crippen LogP contribution in [0.15, 0.2) is 30.5 Å². The zero-order chi connectivity index (χ0) is 17.3. The van der Waals surface area contributed by atoms with Crippen LogP contribution in [-0.2, 0) is 9.47 Å². The van der Waals surface area contributed by atoms with Crippen molar-refractivity contribution in [3.63, 3.8) is 0 Å². The van der Waals surface area contributed by atoms with Crippen molar-refractivity contribution in [3.8, 4) is 0 Å². The van der Waals surface area contributed by atoms with E-state index in [1.807, 2.05) is 25.1 Å². The zero-order valence-corrected chi connectivity index (χ0v) is 16.0. The Labute approximate surface area is 139 Å². The highest BCUT2D eigenvalue weighted by Crippen LogP contribution is 2.40. The monoisotopic (exact) mass is 333 g/mol. The molecule has 0 aliphatic heterocycles. The molecule has 1 aromatic heterocycles. The van der Waals surface area contributed by atoms with Crippen molar-refractivity contribution in [3.05, 3.63) is 36.0 Å². The summed E-state index contributed by atoms with van der Waals surface area (Å²) in [4.78, 5) is 11.8. The van der Waals surface area contributed by atoms with Crippen LogP contribution >= 0.6 is 0 Å². The molecule has 1 aromatic carbocycles. The number of fused-ring (bicyclic) bond motifs is 1. The number of hydrogen-bond acceptors (Lipinski definition) is 3. The number of hydrogen-bond donors (Lipinski definition) is 0. The lowest BCUT2D eigenvalue weighted by atomic mass is 10.2. The largest absolute Gasteiger partial charge is 0.465 e. The molecule has 0 fully saturated rings. The van der Waals surface area contributed by atoms with E-state index in [0.29, 0.717) is 5.56 Å². The topological polar surface area (TPSA) is 40.5 Å². The fraction of sp³-hybridized carbons (Fsp3) is 0.500. The number of nitrogens with zero attached hydrogens (tertiary/aromatic N) is 1. The van der Waals surface area contributed by atoms with Crippen molar-refractivity contribution in [1.29, 1.82) is 0 Å². The van der Waals surface area contributed by atoms with E-state index in [-0.39, 0.29) is 11.0 Å². The fourth-order valence-corrected chi connectivity index (χ4v) is 5.07. The summed E-state index contributed by atoms with van der Waals surface area (Å²) in [7, 11) is -0.473. The van der Waals surface area contributed by atoms with Crippen LogP contribution < -0.4 is 0 Å². The second-order valence-electron chi connectivity index (χ2n) is 7.03. The van der Waals surface area contributed by atoms with Crippen molar-refractivity contribution in [2.75, 3.05) is 20.3 Å². The molecule has 0 amide bonds. The summed E-state index contributed by atoms with van der Waals surface area (Å²) >= 11 is 0. The number of carbonyl (C=O) groups is 1. The highest BCUT2D eigenvalue weighted by atomic mass is 28.3. The molecular formula is C18H27NO3Si. The van der Waals surface area contributed by atoms with E-state index in [4.69, 9.17) is 9.47 Å². The molecule has 4 nitrogen and oxygen atoms in total. The number of ether oxygens (including phenoxy) is 2. The smallest absolute Gasteiger partial charge is 0.337 e. The van der Waals surface area contributed by atoms with Gasteiger partial charge in [0.05, 0.1) is 19.3 Å². The van der Waals surface area contributed by atoms with E-state index in [0.717, 1.165) is 24.1 Å². The predicted octanol–water partition coefficient (Wildman–Crippen LogP) is 4.30. The van der Waals surface area contributed by atoms with Crippen molar-refractivity contribution in [2.45, 2.75) is 38.9 Å². The van der Waals surface area contributed by atoms with Gasteiger partial charge in [-0.05, 0) is 36.7 Å². The van der Waals surface area contributed by atoms with Crippen LogP contribution in [0.4, 0.5) is 0 Å². The van der Waals surface area contributed by atoms with Gasteiger partial charge < -0.3 is 13.7 Å². The van der Waals surface area contributed by atoms with Gasteiger partial charge in [-0.2, -0.15) is 0 Å². The first kappa shape index (κ1) is 17.8. The van der Waals surface area contributed by atoms with Gasteiger partial charge in [-0.15, -0.1) is 0 Å². The van der Waals surface area contributed by atoms with E-state index >= 15 is 0 Å². The normalized spacial score (nSPS) is 12.6. The molecule has 2 aromatic rings. The summed E-state index contributed by atoms with van der Waals surface area (Å²) in [5.74, 6) is -0.298. The minimum atomic E-state index is -1.88. The molecule has 1 heterocycles. The van der Waals surface area contributed by atoms with E-state index in [1.165, 1.54) is 7.11 Å². The van der Waals surface area contributed by atoms with Gasteiger partial charge in [-0.25, -0.2) is 4.79 Å². The van der Waals surface area contributed by atoms with E-state index < -0.39 is 8.24 Å². The molecule has 0 atom stereocenters. The summed E-state index contributed by atoms with van der Waals surface area (Å²) in [5.41, 5.74) is 1.68. The molecule has 0 bridgehead atoms. The Balaban J connectivity index is 2.51. The van der Waals surface area contributed by atoms with Crippen molar-refractivity contribution >= 4 is 25.1 Å². The van der Waals surface area contributed by atoms with Gasteiger partial charge in [0, 0.05) is 17.2 Å². The number of methoxy groups -OCH3 is 1. The SMILES string of the molecule is CCOCC(C)(C)[Si](C)(C)n1ccc2ccc(C(=O)OC)cc21. The summed E-state index contributed by atoms with van der Waals surface area (Å²) in [6, 6.07) is 7.85. The van der Waals surface area contributed by atoms with Crippen molar-refractivity contribution < 1.29 is 14.3 Å². The maximum atomic E-state index is 11.8. The molecular weight excluding hydrogens is 306 g/mol. The van der Waals surface area contributed by atoms with Gasteiger partial charge in [-0.1, -0.05) is 33.0 Å². The number of benzene rings is 1. The van der Waals surface area contributed by atoms with E-state index in [9.17, 15) is 4.79 Å². The third-order valence-electron chi connectivity index (χ3n) is 5.04. The first-order valence-corrected chi connectivity index (χ1v) is 11.0. The minimum Gasteiger partial charge on any atom is -0.465 e. The maximum Gasteiger partial charge on any atom is 0.337 e. The lowest BCUT2D eigenvalue weighted by molar-refractivity contribution is 0.0601. The van der Waals surface area contributed by atoms with E-state index in [2.05, 4.69) is 43.4 Å². The fourth-order valence-electron chi connectivity index (χ4n) is 2.72. The molecule has 0 saturated heterocycles. The average Bonchev–Trinajstić information content (AvgIpc) is 2.95. The Hall–Kier alpha value is -1.59. The summed E-state index contributed by atoms with van der Waals surface area (Å²) < 4.78 is 12.9. The number of carbonyl (C=O) groups excluding carboxylic acids is 1. The second-order valence-corrected chi connectivity index (χ2v) is 12.0. The number of esters is 1. The van der Waals surface area contributed by atoms with Crippen LogP contribution in [0.5, 0.6) is 0 Å². The molecule has 23 heavy (non-hydrogen) atoms. The molecule has 0 radical (unpaired) electrons. The quantitative estimate of drug-likeness (QED) is 0.584. The highest BCUT2D eigenvalue weighted by molar-refractivity contribution is 6.79. The first-order chi connectivity index (χ1) is 10.7. The third-order valence-corrected chi connectivity index (χ3v) is 10.1. The Morgan fingerprint density at radius 2 is 1.96 bits per heavy atom. The number of rotatable bonds is 6. The maximum absolute atomic E-state index is 11.8. The van der Waals surface area contributed by atoms with Crippen LogP contribution in [0.3, 0.4) is 0 Å². The summed E-state index contributed by atoms with van der Waals surface area (Å²) in [6.07, 6.45) is 2.14. The van der Waals surface area contributed by atoms with Crippen LogP contribution in [0.1, 0.15) is 31.1 Å². The Kier molecular flexibility index (Phi) is 5.01. The molecule has 5 heteroatoms. The zero-order valence-electron chi connectivity index (χ0n) is 15.0. The van der Waals surface area contributed by atoms with Gasteiger partial charge in [0.2, 0.25) is 0 Å². The van der Waals surface area contributed by atoms with Crippen LogP contribution in [0.2, 0.25) is 18.1 Å². The predicted molar refractivity (Wildman–Crippen MR) is 96.7 cm³/mol. The second kappa shape index (κ2) is 6.49. The molecule has 0 spiro atoms. The van der Waals surface area contributed by atoms with Gasteiger partial charge >= 0.3 is 5.97 Å². The highest BCUT2D eigenvalue weighted by Gasteiger charge is 2.42. The minimum absolute atomic E-state index is 0.0657. The standard InChI is InChI=1S/C18H27NO3Si/c1-7-22-13-18(2,3)23(5,6)19-11-10-14-8-9-15(12-16(14)19)17(20)21-4/h8-12H,7,13H2,1-6H3. The molecule has 0 unspecified atom stereocenters. The molecule has 0 N–H and O–H groups in total. The summed E-state index contributed by atoms with van der Waals surface area (Å²) in [6.45, 7) is 12.7. The lowest BCUT2D eigenvalue weighted by Gasteiger charge is -2.41. The van der Waals surface area contributed by atoms with Gasteiger partial charge in [0.15, 0.2) is 8.24 Å². The van der Waals surface area contributed by atoms with E-state index in [1.54, 1.807) is 0 Å². The van der Waals surface area contributed by atoms with Crippen LogP contribution in [-0.4, -0.2) is 38.8 Å². The van der Waals surface area contributed by atoms with Gasteiger partial charge in [-0.3, -0.25) is 0 Å². The van der Waals surface area contributed by atoms with Crippen molar-refractivity contribution in [2.24, 2.45) is 0 Å². The lowest BCUT2D eigenvalue weighted by Crippen LogP contribution is -2.48.